The van der Waals surface area contributed by atoms with Gasteiger partial charge < -0.3 is 15.0 Å². The maximum atomic E-state index is 12.3. The number of hydrogen-bond donors (Lipinski definition) is 1. The van der Waals surface area contributed by atoms with Crippen LogP contribution in [0, 0.1) is 11.3 Å². The summed E-state index contributed by atoms with van der Waals surface area (Å²) in [6.45, 7) is 4.45. The fourth-order valence-electron chi connectivity index (χ4n) is 2.94. The van der Waals surface area contributed by atoms with E-state index in [0.29, 0.717) is 43.5 Å². The van der Waals surface area contributed by atoms with Gasteiger partial charge in [-0.25, -0.2) is 0 Å². The summed E-state index contributed by atoms with van der Waals surface area (Å²) in [4.78, 5) is 28.3. The van der Waals surface area contributed by atoms with E-state index in [-0.39, 0.29) is 24.5 Å². The quantitative estimate of drug-likeness (QED) is 0.813. The number of piperazine rings is 1. The first kappa shape index (κ1) is 18.2. The second kappa shape index (κ2) is 8.19. The number of nitrogens with one attached hydrogen (secondary N) is 1. The zero-order valence-electron chi connectivity index (χ0n) is 15.0. The molecule has 1 atom stereocenters. The summed E-state index contributed by atoms with van der Waals surface area (Å²) in [6, 6.07) is 8.93. The smallest absolute Gasteiger partial charge is 0.260 e. The molecule has 2 aliphatic rings. The molecule has 1 saturated carbocycles. The Balaban J connectivity index is 1.41. The minimum Gasteiger partial charge on any atom is -0.484 e. The first-order valence-electron chi connectivity index (χ1n) is 9.02. The monoisotopic (exact) mass is 356 g/mol. The van der Waals surface area contributed by atoms with Crippen molar-refractivity contribution >= 4 is 11.8 Å². The normalized spacial score (nSPS) is 18.7. The minimum absolute atomic E-state index is 0.0242. The van der Waals surface area contributed by atoms with Gasteiger partial charge in [-0.2, -0.15) is 5.26 Å². The topological polar surface area (TPSA) is 85.7 Å². The van der Waals surface area contributed by atoms with E-state index in [1.54, 1.807) is 29.2 Å². The number of nitriles is 1. The Morgan fingerprint density at radius 1 is 1.23 bits per heavy atom. The average molecular weight is 356 g/mol. The van der Waals surface area contributed by atoms with Gasteiger partial charge in [0.25, 0.3) is 5.91 Å². The van der Waals surface area contributed by atoms with Crippen LogP contribution in [0.15, 0.2) is 24.3 Å². The Morgan fingerprint density at radius 2 is 1.88 bits per heavy atom. The van der Waals surface area contributed by atoms with E-state index in [0.717, 1.165) is 12.8 Å². The molecule has 0 radical (unpaired) electrons. The molecule has 2 amide bonds. The molecule has 1 heterocycles. The molecule has 7 heteroatoms. The second-order valence-electron chi connectivity index (χ2n) is 6.80. The summed E-state index contributed by atoms with van der Waals surface area (Å²) in [5.41, 5.74) is 0.555. The van der Waals surface area contributed by atoms with Crippen LogP contribution in [0.5, 0.6) is 5.75 Å². The van der Waals surface area contributed by atoms with Crippen molar-refractivity contribution in [1.29, 1.82) is 5.26 Å². The van der Waals surface area contributed by atoms with E-state index >= 15 is 0 Å². The lowest BCUT2D eigenvalue weighted by molar-refractivity contribution is -0.136. The predicted octanol–water partition coefficient (Wildman–Crippen LogP) is 0.748. The van der Waals surface area contributed by atoms with Gasteiger partial charge in [0.15, 0.2) is 6.61 Å². The molecule has 1 saturated heterocycles. The van der Waals surface area contributed by atoms with Crippen LogP contribution in [-0.2, 0) is 9.59 Å². The van der Waals surface area contributed by atoms with Crippen LogP contribution in [0.3, 0.4) is 0 Å². The maximum Gasteiger partial charge on any atom is 0.260 e. The molecule has 1 unspecified atom stereocenters. The van der Waals surface area contributed by atoms with Crippen molar-refractivity contribution < 1.29 is 14.3 Å². The number of hydrogen-bond acceptors (Lipinski definition) is 5. The summed E-state index contributed by atoms with van der Waals surface area (Å²) >= 11 is 0. The van der Waals surface area contributed by atoms with Crippen LogP contribution in [0.1, 0.15) is 25.3 Å². The van der Waals surface area contributed by atoms with Gasteiger partial charge in [-0.05, 0) is 44.0 Å². The van der Waals surface area contributed by atoms with Crippen LogP contribution in [-0.4, -0.2) is 66.5 Å². The molecule has 2 fully saturated rings. The van der Waals surface area contributed by atoms with Gasteiger partial charge in [0, 0.05) is 32.2 Å². The lowest BCUT2D eigenvalue weighted by Gasteiger charge is -2.37. The third-order valence-electron chi connectivity index (χ3n) is 4.86. The molecule has 0 bridgehead atoms. The highest BCUT2D eigenvalue weighted by molar-refractivity contribution is 5.82. The lowest BCUT2D eigenvalue weighted by atomic mass is 10.2. The van der Waals surface area contributed by atoms with Gasteiger partial charge >= 0.3 is 0 Å². The van der Waals surface area contributed by atoms with Crippen molar-refractivity contribution in [2.75, 3.05) is 32.8 Å². The van der Waals surface area contributed by atoms with E-state index in [9.17, 15) is 9.59 Å². The molecular weight excluding hydrogens is 332 g/mol. The fourth-order valence-corrected chi connectivity index (χ4v) is 2.94. The lowest BCUT2D eigenvalue weighted by Crippen LogP contribution is -2.55. The second-order valence-corrected chi connectivity index (χ2v) is 6.80. The summed E-state index contributed by atoms with van der Waals surface area (Å²) in [7, 11) is 0. The predicted molar refractivity (Wildman–Crippen MR) is 95.4 cm³/mol. The van der Waals surface area contributed by atoms with Crippen molar-refractivity contribution in [3.63, 3.8) is 0 Å². The Labute approximate surface area is 153 Å². The first-order valence-corrected chi connectivity index (χ1v) is 9.02. The number of carbonyl (C=O) groups excluding carboxylic acids is 2. The number of carbonyl (C=O) groups is 2. The highest BCUT2D eigenvalue weighted by Crippen LogP contribution is 2.19. The maximum absolute atomic E-state index is 12.3. The van der Waals surface area contributed by atoms with Gasteiger partial charge in [-0.15, -0.1) is 0 Å². The van der Waals surface area contributed by atoms with Crippen molar-refractivity contribution in [1.82, 2.24) is 15.1 Å². The number of ether oxygens (including phenoxy) is 1. The molecule has 1 aliphatic carbocycles. The first-order chi connectivity index (χ1) is 12.6. The third-order valence-corrected chi connectivity index (χ3v) is 4.86. The standard InChI is InChI=1S/C19H24N4O3/c1-14(19(25)21-16-4-5-16)22-8-10-23(11-9-22)18(24)13-26-17-6-2-15(12-20)3-7-17/h2-3,6-7,14,16H,4-5,8-11,13H2,1H3,(H,21,25). The summed E-state index contributed by atoms with van der Waals surface area (Å²) in [5.74, 6) is 0.585. The number of amides is 2. The fraction of sp³-hybridized carbons (Fsp3) is 0.526. The highest BCUT2D eigenvalue weighted by Gasteiger charge is 2.30. The molecule has 138 valence electrons. The zero-order chi connectivity index (χ0) is 18.5. The van der Waals surface area contributed by atoms with E-state index in [1.165, 1.54) is 0 Å². The Bertz CT molecular complexity index is 686. The summed E-state index contributed by atoms with van der Waals surface area (Å²) in [6.07, 6.45) is 2.17. The van der Waals surface area contributed by atoms with Gasteiger partial charge in [0.2, 0.25) is 5.91 Å². The Hall–Kier alpha value is -2.59. The van der Waals surface area contributed by atoms with E-state index in [1.807, 2.05) is 13.0 Å². The Kier molecular flexibility index (Phi) is 5.74. The molecule has 0 aromatic heterocycles. The average Bonchev–Trinajstić information content (AvgIpc) is 3.50. The Morgan fingerprint density at radius 3 is 2.46 bits per heavy atom. The summed E-state index contributed by atoms with van der Waals surface area (Å²) in [5, 5.41) is 11.8. The molecule has 1 aliphatic heterocycles. The van der Waals surface area contributed by atoms with E-state index in [2.05, 4.69) is 10.2 Å². The van der Waals surface area contributed by atoms with Crippen molar-refractivity contribution in [3.8, 4) is 11.8 Å². The van der Waals surface area contributed by atoms with Crippen LogP contribution >= 0.6 is 0 Å². The molecule has 1 N–H and O–H groups in total. The van der Waals surface area contributed by atoms with Crippen molar-refractivity contribution in [3.05, 3.63) is 29.8 Å². The summed E-state index contributed by atoms with van der Waals surface area (Å²) < 4.78 is 5.51. The molecule has 1 aromatic carbocycles. The third kappa shape index (κ3) is 4.73. The SMILES string of the molecule is CC(C(=O)NC1CC1)N1CCN(C(=O)COc2ccc(C#N)cc2)CC1. The minimum atomic E-state index is -0.164. The van der Waals surface area contributed by atoms with Gasteiger partial charge in [-0.3, -0.25) is 14.5 Å². The molecule has 7 nitrogen and oxygen atoms in total. The number of rotatable bonds is 6. The van der Waals surface area contributed by atoms with Crippen LogP contribution < -0.4 is 10.1 Å². The molecular formula is C19H24N4O3. The largest absolute Gasteiger partial charge is 0.484 e. The molecule has 1 aromatic rings. The van der Waals surface area contributed by atoms with Crippen LogP contribution in [0.25, 0.3) is 0 Å². The van der Waals surface area contributed by atoms with Gasteiger partial charge in [0.1, 0.15) is 5.75 Å². The van der Waals surface area contributed by atoms with Crippen LogP contribution in [0.2, 0.25) is 0 Å². The highest BCUT2D eigenvalue weighted by atomic mass is 16.5. The van der Waals surface area contributed by atoms with E-state index < -0.39 is 0 Å². The van der Waals surface area contributed by atoms with Gasteiger partial charge in [0.05, 0.1) is 17.7 Å². The number of nitrogens with zero attached hydrogens (tertiary/aromatic N) is 3. The molecule has 3 rings (SSSR count). The van der Waals surface area contributed by atoms with E-state index in [4.69, 9.17) is 10.00 Å². The van der Waals surface area contributed by atoms with Crippen molar-refractivity contribution in [2.45, 2.75) is 31.8 Å². The zero-order valence-corrected chi connectivity index (χ0v) is 15.0. The molecule has 26 heavy (non-hydrogen) atoms. The van der Waals surface area contributed by atoms with Crippen molar-refractivity contribution in [2.24, 2.45) is 0 Å². The molecule has 0 spiro atoms. The number of benzene rings is 1. The van der Waals surface area contributed by atoms with Gasteiger partial charge in [-0.1, -0.05) is 0 Å². The van der Waals surface area contributed by atoms with Crippen LogP contribution in [0.4, 0.5) is 0 Å².